The first kappa shape index (κ1) is 68.8. The van der Waals surface area contributed by atoms with E-state index in [4.69, 9.17) is 56.3 Å². The molecular formula is C56H88O29S2. The minimum atomic E-state index is -5.22. The number of hydrogen-bond acceptors (Lipinski definition) is 27. The second-order valence-corrected chi connectivity index (χ2v) is 28.6. The first-order valence-corrected chi connectivity index (χ1v) is 32.3. The van der Waals surface area contributed by atoms with E-state index in [0.717, 1.165) is 19.1 Å². The summed E-state index contributed by atoms with van der Waals surface area (Å²) in [6.07, 6.45) is -26.7. The fourth-order valence-corrected chi connectivity index (χ4v) is 17.4. The van der Waals surface area contributed by atoms with E-state index in [1.807, 2.05) is 26.8 Å². The number of allylic oxidation sites excluding steroid dienone is 3. The van der Waals surface area contributed by atoms with E-state index >= 15 is 0 Å². The van der Waals surface area contributed by atoms with Gasteiger partial charge in [-0.25, -0.2) is 8.37 Å². The van der Waals surface area contributed by atoms with Crippen molar-refractivity contribution in [3.05, 3.63) is 23.3 Å². The van der Waals surface area contributed by atoms with Crippen LogP contribution in [0.1, 0.15) is 114 Å². The molecule has 5 saturated heterocycles. The van der Waals surface area contributed by atoms with Crippen molar-refractivity contribution < 1.29 is 137 Å². The van der Waals surface area contributed by atoms with Gasteiger partial charge in [-0.3, -0.25) is 18.7 Å². The molecule has 0 aromatic heterocycles. The monoisotopic (exact) mass is 1290 g/mol. The van der Waals surface area contributed by atoms with Crippen molar-refractivity contribution in [1.82, 2.24) is 0 Å². The molecule has 0 aromatic rings. The maximum absolute atomic E-state index is 14.7. The molecule has 498 valence electrons. The van der Waals surface area contributed by atoms with Crippen LogP contribution in [0.4, 0.5) is 0 Å². The van der Waals surface area contributed by atoms with Crippen LogP contribution in [0.3, 0.4) is 0 Å². The number of aliphatic hydroxyl groups excluding tert-OH is 8. The van der Waals surface area contributed by atoms with E-state index in [-0.39, 0.29) is 29.1 Å². The zero-order valence-corrected chi connectivity index (χ0v) is 52.0. The molecule has 10 N–H and O–H groups in total. The Labute approximate surface area is 505 Å². The van der Waals surface area contributed by atoms with Gasteiger partial charge in [-0.15, -0.1) is 0 Å². The van der Waals surface area contributed by atoms with E-state index in [1.54, 1.807) is 0 Å². The lowest BCUT2D eigenvalue weighted by Gasteiger charge is -2.64. The summed E-state index contributed by atoms with van der Waals surface area (Å²) < 4.78 is 141. The highest BCUT2D eigenvalue weighted by Gasteiger charge is 2.78. The van der Waals surface area contributed by atoms with Crippen LogP contribution in [-0.2, 0) is 90.9 Å². The first-order chi connectivity index (χ1) is 40.5. The zero-order chi connectivity index (χ0) is 64.1. The van der Waals surface area contributed by atoms with Gasteiger partial charge >= 0.3 is 32.7 Å². The van der Waals surface area contributed by atoms with Crippen molar-refractivity contribution in [2.75, 3.05) is 26.9 Å². The number of aliphatic hydroxyl groups is 8. The van der Waals surface area contributed by atoms with E-state index in [1.165, 1.54) is 19.4 Å². The number of fused-ring (bicyclic) bond motifs is 4. The van der Waals surface area contributed by atoms with Gasteiger partial charge in [0.05, 0.1) is 37.4 Å². The average Bonchev–Trinajstić information content (AvgIpc) is 1.56. The topological polar surface area (TPSA) is 425 Å². The lowest BCUT2D eigenvalue weighted by Crippen LogP contribution is -2.67. The highest BCUT2D eigenvalue weighted by molar-refractivity contribution is 7.81. The Balaban J connectivity index is 0.919. The summed E-state index contributed by atoms with van der Waals surface area (Å²) in [6, 6.07) is 0. The van der Waals surface area contributed by atoms with E-state index in [0.29, 0.717) is 44.9 Å². The van der Waals surface area contributed by atoms with Gasteiger partial charge in [0, 0.05) is 31.8 Å². The number of rotatable bonds is 19. The molecule has 0 amide bonds. The van der Waals surface area contributed by atoms with Crippen LogP contribution < -0.4 is 0 Å². The number of cyclic esters (lactones) is 1. The molecule has 87 heavy (non-hydrogen) atoms. The molecule has 8 fully saturated rings. The highest BCUT2D eigenvalue weighted by atomic mass is 32.3. The normalized spacial score (nSPS) is 47.5. The minimum Gasteiger partial charge on any atom is -0.458 e. The molecule has 3 saturated carbocycles. The van der Waals surface area contributed by atoms with Crippen LogP contribution in [0.5, 0.6) is 0 Å². The number of carbonyl (C=O) groups is 2. The first-order valence-electron chi connectivity index (χ1n) is 29.6. The standard InChI is InChI=1S/C56H88O29S2/c1-24(2)11-14-35(77-26(4)58)55(9)33-16-19-54(8)28-12-13-32-52(5,6)34(17-18-53(32,7)27(28)15-20-56(33,54)51(66)84-55)80-50-46(38(61)31(22-74-50)85-87(70,71)72)83-47-40(63)39(62)43(25(3)76-47)81-49-42(65)45(37(60)30(79-49)23-75-86(67,68)69)82-48-41(64)44(73-10)36(59)29(21-57)78-48/h11-12,25,27,29-50,57,59-65H,13-23H2,1-10H3,(H,67,68,69)(H,70,71,72). The second-order valence-electron chi connectivity index (χ2n) is 26.5. The maximum atomic E-state index is 14.7. The predicted molar refractivity (Wildman–Crippen MR) is 292 cm³/mol. The highest BCUT2D eigenvalue weighted by Crippen LogP contribution is 2.76. The van der Waals surface area contributed by atoms with Crippen molar-refractivity contribution in [1.29, 1.82) is 0 Å². The number of carbonyl (C=O) groups excluding carboxylic acids is 2. The van der Waals surface area contributed by atoms with Crippen LogP contribution in [0.25, 0.3) is 0 Å². The van der Waals surface area contributed by atoms with Crippen molar-refractivity contribution in [3.63, 3.8) is 0 Å². The third-order valence-corrected chi connectivity index (χ3v) is 21.9. The summed E-state index contributed by atoms with van der Waals surface area (Å²) in [4.78, 5) is 27.2. The van der Waals surface area contributed by atoms with Crippen LogP contribution in [0.15, 0.2) is 23.3 Å². The van der Waals surface area contributed by atoms with Gasteiger partial charge in [0.25, 0.3) is 0 Å². The molecule has 4 aliphatic carbocycles. The lowest BCUT2D eigenvalue weighted by atomic mass is 9.40. The van der Waals surface area contributed by atoms with Gasteiger partial charge in [-0.1, -0.05) is 51.0 Å². The summed E-state index contributed by atoms with van der Waals surface area (Å²) in [5.41, 5.74) is -1.15. The second kappa shape index (κ2) is 25.4. The Hall–Kier alpha value is -2.52. The van der Waals surface area contributed by atoms with Gasteiger partial charge in [-0.05, 0) is 95.3 Å². The third kappa shape index (κ3) is 12.6. The lowest BCUT2D eigenvalue weighted by molar-refractivity contribution is -0.389. The molecule has 5 aliphatic heterocycles. The molecule has 0 bridgehead atoms. The number of hydrogen-bond donors (Lipinski definition) is 10. The van der Waals surface area contributed by atoms with Gasteiger partial charge in [0.15, 0.2) is 30.8 Å². The van der Waals surface area contributed by atoms with E-state index in [2.05, 4.69) is 38.0 Å². The Morgan fingerprint density at radius 1 is 0.713 bits per heavy atom. The Bertz CT molecular complexity index is 2780. The van der Waals surface area contributed by atoms with E-state index in [9.17, 15) is 76.4 Å². The predicted octanol–water partition coefficient (Wildman–Crippen LogP) is -0.192. The Morgan fingerprint density at radius 3 is 1.95 bits per heavy atom. The number of esters is 2. The SMILES string of the molecule is COC1C(O)C(CO)OC(OC2C(O)C(COS(=O)(=O)O)OC(OC3C(C)OC(OC4C(OC5CCC6(C)C7CCC89C(=O)OC(C)(C(CC=C(C)C)OC(C)=O)C8CCC9(C)C7=CCC6C5(C)C)OCC(OS(=O)(=O)O)C4O)C(O)C3O)C2O)C1O. The molecule has 0 radical (unpaired) electrons. The van der Waals surface area contributed by atoms with Crippen LogP contribution in [0, 0.1) is 39.4 Å². The fourth-order valence-electron chi connectivity index (χ4n) is 16.6. The Kier molecular flexibility index (Phi) is 20.1. The van der Waals surface area contributed by atoms with Crippen LogP contribution >= 0.6 is 0 Å². The summed E-state index contributed by atoms with van der Waals surface area (Å²) in [6.45, 7) is 14.6. The maximum Gasteiger partial charge on any atom is 0.397 e. The van der Waals surface area contributed by atoms with Crippen molar-refractivity contribution in [3.8, 4) is 0 Å². The summed E-state index contributed by atoms with van der Waals surface area (Å²) in [5.74, 6) is -0.893. The molecule has 9 aliphatic rings. The number of ether oxygens (including phenoxy) is 11. The van der Waals surface area contributed by atoms with Crippen molar-refractivity contribution in [2.24, 2.45) is 39.4 Å². The molecule has 5 heterocycles. The molecule has 0 aromatic carbocycles. The molecule has 28 atom stereocenters. The molecular weight excluding hydrogens is 1200 g/mol. The van der Waals surface area contributed by atoms with E-state index < -0.39 is 197 Å². The number of methoxy groups -OCH3 is 1. The molecule has 1 spiro atoms. The largest absolute Gasteiger partial charge is 0.458 e. The van der Waals surface area contributed by atoms with Crippen molar-refractivity contribution >= 4 is 32.7 Å². The zero-order valence-electron chi connectivity index (χ0n) is 50.3. The summed E-state index contributed by atoms with van der Waals surface area (Å²) >= 11 is 0. The molecule has 31 heteroatoms. The minimum absolute atomic E-state index is 0.0318. The average molecular weight is 1290 g/mol. The Morgan fingerprint density at radius 2 is 1.33 bits per heavy atom. The molecule has 9 rings (SSSR count). The van der Waals surface area contributed by atoms with Crippen LogP contribution in [-0.4, -0.2) is 240 Å². The fraction of sp³-hybridized carbons (Fsp3) is 0.893. The van der Waals surface area contributed by atoms with Crippen LogP contribution in [0.2, 0.25) is 0 Å². The molecule has 29 nitrogen and oxygen atoms in total. The third-order valence-electron chi connectivity index (χ3n) is 21.0. The quantitative estimate of drug-likeness (QED) is 0.0455. The summed E-state index contributed by atoms with van der Waals surface area (Å²) in [7, 11) is -9.27. The van der Waals surface area contributed by atoms with Gasteiger partial charge in [-0.2, -0.15) is 16.8 Å². The molecule has 28 unspecified atom stereocenters. The van der Waals surface area contributed by atoms with Crippen molar-refractivity contribution in [2.45, 2.75) is 248 Å². The smallest absolute Gasteiger partial charge is 0.397 e. The van der Waals surface area contributed by atoms with Gasteiger partial charge in [0.1, 0.15) is 91.6 Å². The van der Waals surface area contributed by atoms with Gasteiger partial charge in [0.2, 0.25) is 0 Å². The van der Waals surface area contributed by atoms with Gasteiger partial charge < -0.3 is 93.0 Å². The summed E-state index contributed by atoms with van der Waals surface area (Å²) in [5, 5.41) is 89.7.